The summed E-state index contributed by atoms with van der Waals surface area (Å²) in [6, 6.07) is 14.4. The largest absolute Gasteiger partial charge is 0.404 e. The number of nitrogen functional groups attached to an aromatic ring is 1. The lowest BCUT2D eigenvalue weighted by Crippen LogP contribution is -1.88. The molecule has 0 aliphatic heterocycles. The number of nitrogens with zero attached hydrogens (tertiary/aromatic N) is 2. The van der Waals surface area contributed by atoms with Crippen LogP contribution in [-0.2, 0) is 5.75 Å². The van der Waals surface area contributed by atoms with Crippen molar-refractivity contribution < 1.29 is 4.42 Å². The minimum absolute atomic E-state index is 0.0811. The van der Waals surface area contributed by atoms with Crippen LogP contribution in [0.5, 0.6) is 0 Å². The Kier molecular flexibility index (Phi) is 4.49. The molecule has 0 aliphatic carbocycles. The summed E-state index contributed by atoms with van der Waals surface area (Å²) >= 11 is 5.26. The summed E-state index contributed by atoms with van der Waals surface area (Å²) in [6.07, 6.45) is 0. The number of rotatable bonds is 4. The van der Waals surface area contributed by atoms with Crippen molar-refractivity contribution in [3.8, 4) is 11.5 Å². The van der Waals surface area contributed by atoms with Gasteiger partial charge in [0.25, 0.3) is 5.89 Å². The molecule has 22 heavy (non-hydrogen) atoms. The van der Waals surface area contributed by atoms with E-state index >= 15 is 0 Å². The first-order chi connectivity index (χ1) is 10.6. The summed E-state index contributed by atoms with van der Waals surface area (Å²) in [5.41, 5.74) is 8.99. The number of hydrogen-bond donors (Lipinski definition) is 1. The lowest BCUT2D eigenvalue weighted by Gasteiger charge is -2.08. The lowest BCUT2D eigenvalue weighted by molar-refractivity contribution is 0.589. The number of halogens is 1. The maximum atomic E-state index is 5.52. The Labute approximate surface area is 141 Å². The molecule has 2 aromatic carbocycles. The monoisotopic (exact) mass is 375 g/mol. The van der Waals surface area contributed by atoms with Gasteiger partial charge in [0.05, 0.1) is 5.56 Å². The normalized spacial score (nSPS) is 10.8. The summed E-state index contributed by atoms with van der Waals surface area (Å²) in [5, 5.41) is 7.69. The summed E-state index contributed by atoms with van der Waals surface area (Å²) in [5.74, 6) is 1.32. The summed E-state index contributed by atoms with van der Waals surface area (Å²) in [7, 11) is 0. The zero-order valence-electron chi connectivity index (χ0n) is 11.9. The molecule has 2 N–H and O–H groups in total. The molecule has 1 heterocycles. The Morgan fingerprint density at radius 3 is 2.77 bits per heavy atom. The predicted octanol–water partition coefficient (Wildman–Crippen LogP) is 4.68. The number of thioether (sulfide) groups is 1. The highest BCUT2D eigenvalue weighted by molar-refractivity contribution is 9.10. The molecular weight excluding hydrogens is 362 g/mol. The number of anilines is 1. The van der Waals surface area contributed by atoms with Crippen LogP contribution in [0.2, 0.25) is 0 Å². The number of aromatic nitrogens is 2. The van der Waals surface area contributed by atoms with Gasteiger partial charge in [-0.15, -0.1) is 16.9 Å². The predicted molar refractivity (Wildman–Crippen MR) is 92.6 cm³/mol. The van der Waals surface area contributed by atoms with Gasteiger partial charge in [0.1, 0.15) is 0 Å². The molecule has 0 radical (unpaired) electrons. The second-order valence-corrected chi connectivity index (χ2v) is 6.73. The molecule has 0 aliphatic rings. The molecule has 0 amide bonds. The van der Waals surface area contributed by atoms with Crippen molar-refractivity contribution in [1.82, 2.24) is 10.2 Å². The quantitative estimate of drug-likeness (QED) is 0.670. The first-order valence-corrected chi connectivity index (χ1v) is 8.47. The molecule has 112 valence electrons. The Morgan fingerprint density at radius 1 is 1.18 bits per heavy atom. The second-order valence-electron chi connectivity index (χ2n) is 4.80. The zero-order chi connectivity index (χ0) is 15.5. The van der Waals surface area contributed by atoms with Crippen molar-refractivity contribution in [2.24, 2.45) is 0 Å². The van der Waals surface area contributed by atoms with Gasteiger partial charge in [0, 0.05) is 15.1 Å². The molecule has 1 aromatic heterocycles. The molecule has 3 rings (SSSR count). The van der Waals surface area contributed by atoms with Crippen molar-refractivity contribution in [1.29, 1.82) is 0 Å². The van der Waals surface area contributed by atoms with Gasteiger partial charge in [-0.3, -0.25) is 0 Å². The second kappa shape index (κ2) is 6.54. The van der Waals surface area contributed by atoms with E-state index in [0.717, 1.165) is 20.7 Å². The van der Waals surface area contributed by atoms with Crippen LogP contribution in [-0.4, -0.2) is 10.2 Å². The molecule has 6 heteroatoms. The molecule has 0 saturated heterocycles. The number of aryl methyl sites for hydroxylation is 1. The van der Waals surface area contributed by atoms with E-state index in [1.807, 2.05) is 24.3 Å². The van der Waals surface area contributed by atoms with Crippen molar-refractivity contribution in [2.75, 3.05) is 5.73 Å². The standard InChI is InChI=1S/C16H14BrN3OS/c1-10-6-7-12(17)8-11(10)9-22-14-5-3-2-4-13(14)15-19-20-16(18)21-15/h2-8H,9H2,1H3,(H2,18,20). The van der Waals surface area contributed by atoms with E-state index < -0.39 is 0 Å². The van der Waals surface area contributed by atoms with Crippen LogP contribution in [0.1, 0.15) is 11.1 Å². The van der Waals surface area contributed by atoms with Gasteiger partial charge in [-0.2, -0.15) is 0 Å². The van der Waals surface area contributed by atoms with E-state index in [1.54, 1.807) is 11.8 Å². The first kappa shape index (κ1) is 15.1. The van der Waals surface area contributed by atoms with E-state index in [1.165, 1.54) is 11.1 Å². The zero-order valence-corrected chi connectivity index (χ0v) is 14.3. The fourth-order valence-electron chi connectivity index (χ4n) is 2.06. The van der Waals surface area contributed by atoms with Crippen molar-refractivity contribution in [2.45, 2.75) is 17.6 Å². The van der Waals surface area contributed by atoms with Crippen LogP contribution in [0.25, 0.3) is 11.5 Å². The van der Waals surface area contributed by atoms with Crippen molar-refractivity contribution in [3.63, 3.8) is 0 Å². The van der Waals surface area contributed by atoms with E-state index in [9.17, 15) is 0 Å². The Hall–Kier alpha value is -1.79. The minimum Gasteiger partial charge on any atom is -0.404 e. The molecule has 0 saturated carbocycles. The van der Waals surface area contributed by atoms with Crippen LogP contribution in [0.15, 0.2) is 56.2 Å². The van der Waals surface area contributed by atoms with Gasteiger partial charge in [0.15, 0.2) is 0 Å². The van der Waals surface area contributed by atoms with Crippen LogP contribution < -0.4 is 5.73 Å². The Morgan fingerprint density at radius 2 is 2.00 bits per heavy atom. The van der Waals surface area contributed by atoms with E-state index in [0.29, 0.717) is 5.89 Å². The molecule has 0 spiro atoms. The SMILES string of the molecule is Cc1ccc(Br)cc1CSc1ccccc1-c1nnc(N)o1. The number of benzene rings is 2. The highest BCUT2D eigenvalue weighted by atomic mass is 79.9. The lowest BCUT2D eigenvalue weighted by atomic mass is 10.1. The smallest absolute Gasteiger partial charge is 0.313 e. The molecule has 4 nitrogen and oxygen atoms in total. The third-order valence-electron chi connectivity index (χ3n) is 3.25. The van der Waals surface area contributed by atoms with E-state index in [4.69, 9.17) is 10.2 Å². The highest BCUT2D eigenvalue weighted by Gasteiger charge is 2.12. The third-order valence-corrected chi connectivity index (χ3v) is 4.87. The number of nitrogens with two attached hydrogens (primary N) is 1. The molecule has 3 aromatic rings. The van der Waals surface area contributed by atoms with Crippen LogP contribution >= 0.6 is 27.7 Å². The minimum atomic E-state index is 0.0811. The molecule has 0 unspecified atom stereocenters. The van der Waals surface area contributed by atoms with Crippen LogP contribution in [0.4, 0.5) is 6.01 Å². The highest BCUT2D eigenvalue weighted by Crippen LogP contribution is 2.33. The topological polar surface area (TPSA) is 64.9 Å². The Balaban J connectivity index is 1.85. The fraction of sp³-hybridized carbons (Fsp3) is 0.125. The average Bonchev–Trinajstić information content (AvgIpc) is 2.95. The van der Waals surface area contributed by atoms with Gasteiger partial charge in [-0.05, 0) is 42.3 Å². The third kappa shape index (κ3) is 3.34. The van der Waals surface area contributed by atoms with Crippen LogP contribution in [0, 0.1) is 6.92 Å². The molecule has 0 atom stereocenters. The average molecular weight is 376 g/mol. The van der Waals surface area contributed by atoms with Crippen LogP contribution in [0.3, 0.4) is 0 Å². The van der Waals surface area contributed by atoms with Gasteiger partial charge >= 0.3 is 6.01 Å². The molecule has 0 fully saturated rings. The fourth-order valence-corrected chi connectivity index (χ4v) is 3.58. The van der Waals surface area contributed by atoms with Gasteiger partial charge < -0.3 is 10.2 Å². The first-order valence-electron chi connectivity index (χ1n) is 6.69. The maximum Gasteiger partial charge on any atom is 0.313 e. The van der Waals surface area contributed by atoms with Gasteiger partial charge in [-0.25, -0.2) is 0 Å². The van der Waals surface area contributed by atoms with Gasteiger partial charge in [-0.1, -0.05) is 39.2 Å². The summed E-state index contributed by atoms with van der Waals surface area (Å²) < 4.78 is 6.43. The summed E-state index contributed by atoms with van der Waals surface area (Å²) in [6.45, 7) is 2.12. The van der Waals surface area contributed by atoms with E-state index in [-0.39, 0.29) is 6.01 Å². The van der Waals surface area contributed by atoms with Crippen molar-refractivity contribution in [3.05, 3.63) is 58.1 Å². The van der Waals surface area contributed by atoms with E-state index in [2.05, 4.69) is 51.3 Å². The number of hydrogen-bond acceptors (Lipinski definition) is 5. The maximum absolute atomic E-state index is 5.52. The summed E-state index contributed by atoms with van der Waals surface area (Å²) in [4.78, 5) is 1.09. The molecular formula is C16H14BrN3OS. The van der Waals surface area contributed by atoms with Gasteiger partial charge in [0.2, 0.25) is 0 Å². The Bertz CT molecular complexity index is 804. The molecule has 0 bridgehead atoms. The van der Waals surface area contributed by atoms with Crippen molar-refractivity contribution >= 4 is 33.7 Å².